The number of hydrogen-bond donors (Lipinski definition) is 0. The Labute approximate surface area is 160 Å². The van der Waals surface area contributed by atoms with E-state index in [1.54, 1.807) is 7.11 Å². The molecule has 4 aromatic rings. The molecule has 4 aromatic carbocycles. The van der Waals surface area contributed by atoms with E-state index in [9.17, 15) is 0 Å². The van der Waals surface area contributed by atoms with Gasteiger partial charge in [0.15, 0.2) is 0 Å². The van der Waals surface area contributed by atoms with Gasteiger partial charge in [0.2, 0.25) is 0 Å². The van der Waals surface area contributed by atoms with Crippen LogP contribution in [0.5, 0.6) is 5.75 Å². The second-order valence-corrected chi connectivity index (χ2v) is 6.28. The highest BCUT2D eigenvalue weighted by Gasteiger charge is 2.12. The van der Waals surface area contributed by atoms with Gasteiger partial charge >= 0.3 is 0 Å². The van der Waals surface area contributed by atoms with Crippen LogP contribution in [0.2, 0.25) is 0 Å². The summed E-state index contributed by atoms with van der Waals surface area (Å²) in [5, 5.41) is 0. The second kappa shape index (κ2) is 7.79. The van der Waals surface area contributed by atoms with Gasteiger partial charge in [-0.1, -0.05) is 60.7 Å². The molecule has 0 amide bonds. The maximum atomic E-state index is 5.31. The van der Waals surface area contributed by atoms with Crippen LogP contribution in [0.1, 0.15) is 0 Å². The minimum Gasteiger partial charge on any atom is -0.497 e. The van der Waals surface area contributed by atoms with Crippen LogP contribution in [-0.2, 0) is 0 Å². The zero-order chi connectivity index (χ0) is 18.5. The van der Waals surface area contributed by atoms with Crippen LogP contribution in [-0.4, -0.2) is 7.11 Å². The van der Waals surface area contributed by atoms with Gasteiger partial charge in [0.25, 0.3) is 0 Å². The number of benzene rings is 4. The van der Waals surface area contributed by atoms with E-state index in [0.717, 1.165) is 22.8 Å². The third kappa shape index (κ3) is 3.70. The largest absolute Gasteiger partial charge is 0.497 e. The minimum atomic E-state index is 0.853. The molecule has 0 atom stereocenters. The summed E-state index contributed by atoms with van der Waals surface area (Å²) in [7, 11) is 1.69. The number of methoxy groups -OCH3 is 1. The molecule has 0 spiro atoms. The van der Waals surface area contributed by atoms with Crippen LogP contribution >= 0.6 is 0 Å². The molecule has 0 saturated heterocycles. The lowest BCUT2D eigenvalue weighted by molar-refractivity contribution is 0.415. The van der Waals surface area contributed by atoms with E-state index in [-0.39, 0.29) is 0 Å². The summed E-state index contributed by atoms with van der Waals surface area (Å²) < 4.78 is 5.31. The minimum absolute atomic E-state index is 0.853. The molecule has 0 aliphatic rings. The van der Waals surface area contributed by atoms with Crippen LogP contribution in [0.4, 0.5) is 17.1 Å². The van der Waals surface area contributed by atoms with Crippen molar-refractivity contribution < 1.29 is 4.74 Å². The van der Waals surface area contributed by atoms with Crippen molar-refractivity contribution in [3.05, 3.63) is 109 Å². The summed E-state index contributed by atoms with van der Waals surface area (Å²) in [5.41, 5.74) is 5.76. The van der Waals surface area contributed by atoms with E-state index in [0.29, 0.717) is 0 Å². The first-order valence-electron chi connectivity index (χ1n) is 9.00. The number of nitrogens with zero attached hydrogens (tertiary/aromatic N) is 1. The Balaban J connectivity index is 1.74. The van der Waals surface area contributed by atoms with Crippen molar-refractivity contribution >= 4 is 17.1 Å². The molecule has 0 saturated carbocycles. The SMILES string of the molecule is COc1ccc(N(c2ccccc2)c2ccc(-c3ccccc3)cc2)cc1. The molecular formula is C25H21NO. The molecule has 4 rings (SSSR count). The predicted octanol–water partition coefficient (Wildman–Crippen LogP) is 6.83. The Morgan fingerprint density at radius 1 is 0.481 bits per heavy atom. The Morgan fingerprint density at radius 2 is 0.926 bits per heavy atom. The third-order valence-electron chi connectivity index (χ3n) is 4.58. The van der Waals surface area contributed by atoms with E-state index >= 15 is 0 Å². The molecule has 0 bridgehead atoms. The van der Waals surface area contributed by atoms with Crippen molar-refractivity contribution in [1.29, 1.82) is 0 Å². The molecule has 2 nitrogen and oxygen atoms in total. The van der Waals surface area contributed by atoms with E-state index in [1.165, 1.54) is 11.1 Å². The number of anilines is 3. The standard InChI is InChI=1S/C25H21NO/c1-27-25-18-16-24(17-19-25)26(22-10-6-3-7-11-22)23-14-12-21(13-15-23)20-8-4-2-5-9-20/h2-19H,1H3. The Bertz CT molecular complexity index is 978. The van der Waals surface area contributed by atoms with E-state index in [2.05, 4.69) is 89.8 Å². The summed E-state index contributed by atoms with van der Waals surface area (Å²) in [6, 6.07) is 37.6. The van der Waals surface area contributed by atoms with Gasteiger partial charge in [0.1, 0.15) is 5.75 Å². The summed E-state index contributed by atoms with van der Waals surface area (Å²) >= 11 is 0. The highest BCUT2D eigenvalue weighted by atomic mass is 16.5. The van der Waals surface area contributed by atoms with Gasteiger partial charge in [0.05, 0.1) is 7.11 Å². The summed E-state index contributed by atoms with van der Waals surface area (Å²) in [5.74, 6) is 0.853. The molecule has 2 heteroatoms. The number of ether oxygens (including phenoxy) is 1. The Kier molecular flexibility index (Phi) is 4.88. The molecule has 0 heterocycles. The van der Waals surface area contributed by atoms with Crippen LogP contribution in [0, 0.1) is 0 Å². The van der Waals surface area contributed by atoms with Gasteiger partial charge in [-0.2, -0.15) is 0 Å². The molecule has 0 radical (unpaired) electrons. The van der Waals surface area contributed by atoms with Crippen LogP contribution in [0.25, 0.3) is 11.1 Å². The highest BCUT2D eigenvalue weighted by molar-refractivity contribution is 5.78. The summed E-state index contributed by atoms with van der Waals surface area (Å²) in [6.45, 7) is 0. The predicted molar refractivity (Wildman–Crippen MR) is 113 cm³/mol. The van der Waals surface area contributed by atoms with E-state index in [1.807, 2.05) is 24.3 Å². The maximum absolute atomic E-state index is 5.31. The van der Waals surface area contributed by atoms with Gasteiger partial charge in [-0.05, 0) is 59.7 Å². The molecular weight excluding hydrogens is 330 g/mol. The fourth-order valence-corrected chi connectivity index (χ4v) is 3.19. The molecule has 27 heavy (non-hydrogen) atoms. The maximum Gasteiger partial charge on any atom is 0.119 e. The number of para-hydroxylation sites is 1. The van der Waals surface area contributed by atoms with Crippen molar-refractivity contribution in [1.82, 2.24) is 0 Å². The zero-order valence-corrected chi connectivity index (χ0v) is 15.2. The van der Waals surface area contributed by atoms with E-state index in [4.69, 9.17) is 4.74 Å². The Morgan fingerprint density at radius 3 is 1.48 bits per heavy atom. The lowest BCUT2D eigenvalue weighted by Crippen LogP contribution is -2.09. The van der Waals surface area contributed by atoms with Crippen molar-refractivity contribution in [3.63, 3.8) is 0 Å². The number of hydrogen-bond acceptors (Lipinski definition) is 2. The lowest BCUT2D eigenvalue weighted by Gasteiger charge is -2.25. The first kappa shape index (κ1) is 16.9. The smallest absolute Gasteiger partial charge is 0.119 e. The molecule has 0 unspecified atom stereocenters. The van der Waals surface area contributed by atoms with E-state index < -0.39 is 0 Å². The van der Waals surface area contributed by atoms with Gasteiger partial charge in [-0.25, -0.2) is 0 Å². The molecule has 0 aliphatic heterocycles. The lowest BCUT2D eigenvalue weighted by atomic mass is 10.0. The van der Waals surface area contributed by atoms with Gasteiger partial charge in [-0.15, -0.1) is 0 Å². The van der Waals surface area contributed by atoms with Crippen LogP contribution in [0.3, 0.4) is 0 Å². The number of rotatable bonds is 5. The first-order chi connectivity index (χ1) is 13.3. The molecule has 0 aliphatic carbocycles. The first-order valence-corrected chi connectivity index (χ1v) is 9.00. The van der Waals surface area contributed by atoms with Crippen molar-refractivity contribution in [3.8, 4) is 16.9 Å². The van der Waals surface area contributed by atoms with Gasteiger partial charge in [0, 0.05) is 17.1 Å². The van der Waals surface area contributed by atoms with Crippen molar-refractivity contribution in [2.75, 3.05) is 12.0 Å². The van der Waals surface area contributed by atoms with Crippen molar-refractivity contribution in [2.45, 2.75) is 0 Å². The molecule has 132 valence electrons. The second-order valence-electron chi connectivity index (χ2n) is 6.28. The zero-order valence-electron chi connectivity index (χ0n) is 15.2. The summed E-state index contributed by atoms with van der Waals surface area (Å²) in [6.07, 6.45) is 0. The van der Waals surface area contributed by atoms with Crippen LogP contribution < -0.4 is 9.64 Å². The average molecular weight is 351 g/mol. The summed E-state index contributed by atoms with van der Waals surface area (Å²) in [4.78, 5) is 2.24. The molecule has 0 N–H and O–H groups in total. The highest BCUT2D eigenvalue weighted by Crippen LogP contribution is 2.36. The molecule has 0 fully saturated rings. The van der Waals surface area contributed by atoms with Gasteiger partial charge < -0.3 is 9.64 Å². The van der Waals surface area contributed by atoms with Crippen molar-refractivity contribution in [2.24, 2.45) is 0 Å². The van der Waals surface area contributed by atoms with Gasteiger partial charge in [-0.3, -0.25) is 0 Å². The van der Waals surface area contributed by atoms with Crippen LogP contribution in [0.15, 0.2) is 109 Å². The Hall–Kier alpha value is -3.52. The molecule has 0 aromatic heterocycles. The normalized spacial score (nSPS) is 10.4. The fraction of sp³-hybridized carbons (Fsp3) is 0.0400. The average Bonchev–Trinajstić information content (AvgIpc) is 2.76. The topological polar surface area (TPSA) is 12.5 Å². The quantitative estimate of drug-likeness (QED) is 0.390. The third-order valence-corrected chi connectivity index (χ3v) is 4.58. The fourth-order valence-electron chi connectivity index (χ4n) is 3.19. The monoisotopic (exact) mass is 351 g/mol.